The number of rotatable bonds is 27. The van der Waals surface area contributed by atoms with Gasteiger partial charge in [-0.3, -0.25) is 56.7 Å². The van der Waals surface area contributed by atoms with Gasteiger partial charge in [0.15, 0.2) is 57.4 Å². The third-order valence-corrected chi connectivity index (χ3v) is 18.5. The van der Waals surface area contributed by atoms with Gasteiger partial charge in [-0.15, -0.1) is 0 Å². The first kappa shape index (κ1) is 102. The molecule has 0 fully saturated rings. The van der Waals surface area contributed by atoms with E-state index in [1.54, 1.807) is 186 Å². The van der Waals surface area contributed by atoms with Crippen molar-refractivity contribution in [1.29, 1.82) is 0 Å². The van der Waals surface area contributed by atoms with E-state index in [2.05, 4.69) is 10.3 Å². The summed E-state index contributed by atoms with van der Waals surface area (Å²) in [6.45, 7) is 8.73. The Morgan fingerprint density at radius 2 is 0.585 bits per heavy atom. The first-order valence-electron chi connectivity index (χ1n) is 37.3. The predicted molar refractivity (Wildman–Crippen MR) is 466 cm³/mol. The average Bonchev–Trinajstić information content (AvgIpc) is 1.57. The fraction of sp³-hybridized carbons (Fsp3) is 0.264. The van der Waals surface area contributed by atoms with Gasteiger partial charge in [0.1, 0.15) is 71.3 Å². The molecule has 0 aliphatic heterocycles. The van der Waals surface area contributed by atoms with Crippen LogP contribution < -0.4 is 55.6 Å². The van der Waals surface area contributed by atoms with E-state index in [9.17, 15) is 53.7 Å². The number of methoxy groups -OCH3 is 4. The van der Waals surface area contributed by atoms with Crippen molar-refractivity contribution in [3.05, 3.63) is 274 Å². The van der Waals surface area contributed by atoms with E-state index in [4.69, 9.17) is 38.0 Å². The third kappa shape index (κ3) is 24.7. The molecule has 11 rings (SSSR count). The Bertz CT molecular complexity index is 5190. The monoisotopic (exact) mass is 1760 g/mol. The number of ketones is 2. The maximum Gasteiger partial charge on any atom is 2.00 e. The second kappa shape index (κ2) is 48.0. The van der Waals surface area contributed by atoms with Crippen molar-refractivity contribution in [2.24, 2.45) is 0 Å². The standard InChI is InChI=1S/C25H29N3O5.C24H26N2O4.C23H24N2O5.C16H18N2O5.C2H7NO.CH3.BrH.Mg/c1-17-21(24(29)26(2)3)28(19-12-14-20(31-5)15-13-19)22(25(30)27(4)32-6)23(17)33-16-18-10-8-7-9-11-18;1-16-21(24(28)25(3)4)26(19-11-13-20(29-5)14-12-19)22(17(2)27)23(16)30-15-18-9-7-6-8-10-18;1-15-19(22(26)24(2)3)25(17-10-12-18(29-4)13-11-17)20(23(27)28)21(15)30-14-16-8-6-5-7-9-16;1-9(19)12-14(20)15(21)13(16(22)17(2)3)18(12)10-5-7-11(23-4)8-6-10;1-3-4-2;;;/h7-15H,16H2,1-6H3;6-14H,15H2,1-5H3;5-13H,14H2,1-4H3,(H,27,28);5-8,20-21H,1-4H3;3H,1-2H3;1H3;1H;/q;;;;;-1;;+2/p-1. The smallest absolute Gasteiger partial charge is 1.00 e. The normalized spacial score (nSPS) is 10.2. The van der Waals surface area contributed by atoms with E-state index >= 15 is 0 Å². The van der Waals surface area contributed by atoms with Gasteiger partial charge in [0.05, 0.1) is 42.7 Å². The quantitative estimate of drug-likeness (QED) is 0.0161. The Labute approximate surface area is 743 Å². The maximum atomic E-state index is 13.4. The number of aromatic nitrogens is 4. The number of aromatic hydroxyl groups is 2. The van der Waals surface area contributed by atoms with Crippen LogP contribution in [0.3, 0.4) is 0 Å². The summed E-state index contributed by atoms with van der Waals surface area (Å²) < 4.78 is 44.9. The molecule has 4 N–H and O–H groups in total. The first-order valence-corrected chi connectivity index (χ1v) is 37.3. The van der Waals surface area contributed by atoms with Crippen LogP contribution in [0.2, 0.25) is 0 Å². The van der Waals surface area contributed by atoms with Gasteiger partial charge in [0.2, 0.25) is 0 Å². The zero-order valence-electron chi connectivity index (χ0n) is 73.4. The number of carbonyl (C=O) groups is 8. The molecule has 0 radical (unpaired) electrons. The number of carbonyl (C=O) groups excluding carboxylic acids is 7. The number of hydrogen-bond donors (Lipinski definition) is 4. The van der Waals surface area contributed by atoms with Crippen molar-refractivity contribution >= 4 is 70.1 Å². The van der Waals surface area contributed by atoms with Gasteiger partial charge < -0.3 is 97.3 Å². The number of halogens is 1. The number of ether oxygens (including phenoxy) is 7. The molecule has 0 saturated carbocycles. The first-order chi connectivity index (χ1) is 57.2. The Balaban J connectivity index is 0.000000338. The molecule has 0 saturated heterocycles. The molecule has 4 heterocycles. The Hall–Kier alpha value is -12.9. The molecule has 4 aromatic heterocycles. The number of Topliss-reactive ketones (excluding diaryl/α,β-unsaturated/α-hetero) is 2. The van der Waals surface area contributed by atoms with Crippen molar-refractivity contribution in [3.63, 3.8) is 0 Å². The SMILES string of the molecule is CNOC.COc1ccc(-n2c(C(=O)N(C)C)c(C)c(OCc3ccccc3)c2C(=O)N(C)OC)cc1.COc1ccc(-n2c(C(=O)N(C)C)c(C)c(OCc3ccccc3)c2C(=O)O)cc1.COc1ccc(-n2c(C(=O)N(C)C)c(C)c(OCc3ccccc3)c2C(C)=O)cc1.COc1ccc(-n2c(C(C)=O)c(O)c(O)c2C(=O)N(C)C)cc1.[Br-].[CH3-].[Mg+2]. The minimum Gasteiger partial charge on any atom is -1.00 e. The maximum absolute atomic E-state index is 13.4. The largest absolute Gasteiger partial charge is 2.00 e. The molecule has 0 unspecified atom stereocenters. The van der Waals surface area contributed by atoms with E-state index < -0.39 is 35.1 Å². The number of amides is 5. The summed E-state index contributed by atoms with van der Waals surface area (Å²) in [5.74, 6) is -1.36. The van der Waals surface area contributed by atoms with Crippen LogP contribution in [0.1, 0.15) is 131 Å². The molecule has 0 atom stereocenters. The van der Waals surface area contributed by atoms with Gasteiger partial charge in [0, 0.05) is 124 Å². The number of nitrogens with one attached hydrogen (secondary N) is 1. The summed E-state index contributed by atoms with van der Waals surface area (Å²) in [4.78, 5) is 117. The molecule has 0 bridgehead atoms. The van der Waals surface area contributed by atoms with Crippen LogP contribution in [-0.2, 0) is 29.5 Å². The van der Waals surface area contributed by atoms with Crippen LogP contribution >= 0.6 is 0 Å². The Kier molecular flexibility index (Phi) is 40.0. The molecule has 650 valence electrons. The summed E-state index contributed by atoms with van der Waals surface area (Å²) in [6.07, 6.45) is 0. The molecule has 11 aromatic rings. The van der Waals surface area contributed by atoms with Crippen molar-refractivity contribution in [3.8, 4) is 74.5 Å². The van der Waals surface area contributed by atoms with E-state index in [0.29, 0.717) is 97.6 Å². The van der Waals surface area contributed by atoms with Crippen molar-refractivity contribution in [2.45, 2.75) is 54.4 Å². The number of hydrogen-bond acceptors (Lipinski definition) is 20. The molecule has 30 nitrogen and oxygen atoms in total. The number of nitrogens with zero attached hydrogens (tertiary/aromatic N) is 9. The topological polar surface area (TPSA) is 328 Å². The number of carboxylic acid groups (broad SMARTS) is 1. The third-order valence-electron chi connectivity index (χ3n) is 18.5. The molecule has 7 aromatic carbocycles. The summed E-state index contributed by atoms with van der Waals surface area (Å²) in [5, 5.41) is 31.3. The van der Waals surface area contributed by atoms with Gasteiger partial charge >= 0.3 is 29.0 Å². The molecule has 0 spiro atoms. The fourth-order valence-corrected chi connectivity index (χ4v) is 12.3. The number of hydroxylamine groups is 3. The van der Waals surface area contributed by atoms with Crippen molar-refractivity contribution in [1.82, 2.24) is 48.4 Å². The van der Waals surface area contributed by atoms with E-state index in [1.807, 2.05) is 110 Å². The summed E-state index contributed by atoms with van der Waals surface area (Å²) in [6, 6.07) is 56.5. The molecule has 5 amide bonds. The number of aromatic carboxylic acids is 1. The van der Waals surface area contributed by atoms with Crippen LogP contribution in [0, 0.1) is 28.2 Å². The minimum atomic E-state index is -1.19. The van der Waals surface area contributed by atoms with Crippen LogP contribution in [0.15, 0.2) is 188 Å². The molecular formula is C91H107BrMgN10O20. The predicted octanol–water partition coefficient (Wildman–Crippen LogP) is 10.4. The Morgan fingerprint density at radius 1 is 0.350 bits per heavy atom. The molecular weight excluding hydrogens is 1660 g/mol. The molecule has 0 aliphatic rings. The average molecular weight is 1770 g/mol. The van der Waals surface area contributed by atoms with Crippen LogP contribution in [0.5, 0.6) is 51.7 Å². The van der Waals surface area contributed by atoms with Crippen LogP contribution in [0.4, 0.5) is 0 Å². The van der Waals surface area contributed by atoms with Crippen molar-refractivity contribution in [2.75, 3.05) is 113 Å². The van der Waals surface area contributed by atoms with Gasteiger partial charge in [-0.05, 0) is 135 Å². The van der Waals surface area contributed by atoms with Gasteiger partial charge in [0.25, 0.3) is 29.5 Å². The van der Waals surface area contributed by atoms with Crippen molar-refractivity contribution < 1.29 is 113 Å². The van der Waals surface area contributed by atoms with Gasteiger partial charge in [-0.2, -0.15) is 0 Å². The van der Waals surface area contributed by atoms with E-state index in [-0.39, 0.29) is 118 Å². The zero-order valence-corrected chi connectivity index (χ0v) is 76.4. The molecule has 0 aliphatic carbocycles. The van der Waals surface area contributed by atoms with Gasteiger partial charge in [-0.25, -0.2) is 15.3 Å². The fourth-order valence-electron chi connectivity index (χ4n) is 12.3. The second-order valence-electron chi connectivity index (χ2n) is 27.4. The molecule has 123 heavy (non-hydrogen) atoms. The van der Waals surface area contributed by atoms with E-state index in [0.717, 1.165) is 21.8 Å². The summed E-state index contributed by atoms with van der Waals surface area (Å²) >= 11 is 0. The van der Waals surface area contributed by atoms with Crippen LogP contribution in [-0.4, -0.2) is 242 Å². The van der Waals surface area contributed by atoms with Gasteiger partial charge in [-0.1, -0.05) is 91.0 Å². The Morgan fingerprint density at radius 3 is 0.829 bits per heavy atom. The summed E-state index contributed by atoms with van der Waals surface area (Å²) in [5.41, 5.74) is 10.3. The van der Waals surface area contributed by atoms with Crippen LogP contribution in [0.25, 0.3) is 22.7 Å². The number of carboxylic acids is 1. The number of benzene rings is 7. The minimum absolute atomic E-state index is 0. The summed E-state index contributed by atoms with van der Waals surface area (Å²) in [7, 11) is 25.4. The zero-order chi connectivity index (χ0) is 88.5. The van der Waals surface area contributed by atoms with E-state index in [1.165, 1.54) is 77.9 Å². The second-order valence-corrected chi connectivity index (χ2v) is 27.4. The molecule has 32 heteroatoms.